The topological polar surface area (TPSA) is 84.9 Å². The maximum Gasteiger partial charge on any atom is 0.243 e. The van der Waals surface area contributed by atoms with E-state index in [1.807, 2.05) is 6.92 Å². The predicted molar refractivity (Wildman–Crippen MR) is 116 cm³/mol. The van der Waals surface area contributed by atoms with Crippen LogP contribution < -0.4 is 14.8 Å². The number of aryl methyl sites for hydroxylation is 1. The molecule has 0 bridgehead atoms. The van der Waals surface area contributed by atoms with Gasteiger partial charge >= 0.3 is 0 Å². The zero-order chi connectivity index (χ0) is 21.7. The first-order valence-electron chi connectivity index (χ1n) is 9.95. The second-order valence-electron chi connectivity index (χ2n) is 7.40. The number of amides is 1. The highest BCUT2D eigenvalue weighted by atomic mass is 32.2. The van der Waals surface area contributed by atoms with Crippen LogP contribution in [-0.4, -0.2) is 45.4 Å². The number of piperidine rings is 1. The minimum absolute atomic E-state index is 0.0749. The number of ether oxygens (including phenoxy) is 2. The number of methoxy groups -OCH3 is 2. The van der Waals surface area contributed by atoms with Gasteiger partial charge in [0.15, 0.2) is 0 Å². The minimum atomic E-state index is -3.66. The van der Waals surface area contributed by atoms with Crippen molar-refractivity contribution < 1.29 is 22.7 Å². The third-order valence-corrected chi connectivity index (χ3v) is 7.27. The van der Waals surface area contributed by atoms with Gasteiger partial charge in [-0.15, -0.1) is 0 Å². The van der Waals surface area contributed by atoms with Crippen LogP contribution in [0.1, 0.15) is 31.2 Å². The summed E-state index contributed by atoms with van der Waals surface area (Å²) in [7, 11) is -0.594. The number of sulfonamides is 1. The fraction of sp³-hybridized carbons (Fsp3) is 0.409. The van der Waals surface area contributed by atoms with Crippen molar-refractivity contribution >= 4 is 21.6 Å². The molecule has 1 N–H and O–H groups in total. The van der Waals surface area contributed by atoms with E-state index in [9.17, 15) is 13.2 Å². The summed E-state index contributed by atoms with van der Waals surface area (Å²) in [5.41, 5.74) is 1.49. The molecule has 1 aliphatic heterocycles. The van der Waals surface area contributed by atoms with Crippen molar-refractivity contribution in [2.45, 2.75) is 43.5 Å². The number of nitrogens with one attached hydrogen (secondary N) is 1. The van der Waals surface area contributed by atoms with Crippen molar-refractivity contribution in [1.29, 1.82) is 0 Å². The maximum atomic E-state index is 13.2. The molecule has 1 fully saturated rings. The number of nitrogens with zero attached hydrogens (tertiary/aromatic N) is 1. The van der Waals surface area contributed by atoms with Gasteiger partial charge in [0.2, 0.25) is 15.9 Å². The highest BCUT2D eigenvalue weighted by Gasteiger charge is 2.34. The molecule has 1 heterocycles. The van der Waals surface area contributed by atoms with Crippen LogP contribution in [0.3, 0.4) is 0 Å². The Morgan fingerprint density at radius 3 is 2.50 bits per heavy atom. The predicted octanol–water partition coefficient (Wildman–Crippen LogP) is 3.58. The Balaban J connectivity index is 1.77. The molecule has 7 nitrogen and oxygen atoms in total. The Bertz CT molecular complexity index is 989. The summed E-state index contributed by atoms with van der Waals surface area (Å²) < 4.78 is 38.4. The Labute approximate surface area is 178 Å². The molecular formula is C22H28N2O5S. The van der Waals surface area contributed by atoms with Crippen LogP contribution in [-0.2, 0) is 14.8 Å². The van der Waals surface area contributed by atoms with Gasteiger partial charge in [0.25, 0.3) is 0 Å². The second-order valence-corrected chi connectivity index (χ2v) is 9.29. The van der Waals surface area contributed by atoms with Gasteiger partial charge in [0, 0.05) is 25.1 Å². The summed E-state index contributed by atoms with van der Waals surface area (Å²) in [5, 5.41) is 2.84. The summed E-state index contributed by atoms with van der Waals surface area (Å²) in [4.78, 5) is 13.0. The summed E-state index contributed by atoms with van der Waals surface area (Å²) in [6.07, 6.45) is 2.40. The van der Waals surface area contributed by atoms with Gasteiger partial charge in [-0.2, -0.15) is 4.31 Å². The number of hydrogen-bond acceptors (Lipinski definition) is 5. The third-order valence-electron chi connectivity index (χ3n) is 5.30. The molecule has 0 saturated carbocycles. The van der Waals surface area contributed by atoms with E-state index in [1.165, 1.54) is 11.4 Å². The summed E-state index contributed by atoms with van der Waals surface area (Å²) >= 11 is 0. The second kappa shape index (κ2) is 9.49. The minimum Gasteiger partial charge on any atom is -0.497 e. The van der Waals surface area contributed by atoms with Crippen molar-refractivity contribution in [3.8, 4) is 11.5 Å². The van der Waals surface area contributed by atoms with Crippen molar-refractivity contribution in [2.24, 2.45) is 0 Å². The molecule has 0 unspecified atom stereocenters. The average Bonchev–Trinajstić information content (AvgIpc) is 2.74. The highest BCUT2D eigenvalue weighted by molar-refractivity contribution is 7.89. The molecule has 8 heteroatoms. The van der Waals surface area contributed by atoms with Gasteiger partial charge < -0.3 is 14.8 Å². The fourth-order valence-corrected chi connectivity index (χ4v) is 5.36. The molecule has 3 rings (SSSR count). The number of carbonyl (C=O) groups is 1. The summed E-state index contributed by atoms with van der Waals surface area (Å²) in [5.74, 6) is 0.835. The molecule has 2 aromatic carbocycles. The van der Waals surface area contributed by atoms with Gasteiger partial charge in [0.1, 0.15) is 11.5 Å². The Hall–Kier alpha value is -2.58. The van der Waals surface area contributed by atoms with Gasteiger partial charge in [-0.3, -0.25) is 4.79 Å². The number of rotatable bonds is 7. The molecule has 0 radical (unpaired) electrons. The lowest BCUT2D eigenvalue weighted by Gasteiger charge is -2.34. The SMILES string of the molecule is COc1ccc(OC)c(NC(=O)C[C@@H]2CCCCN2S(=O)(=O)c2ccc(C)cc2)c1. The Morgan fingerprint density at radius 2 is 1.83 bits per heavy atom. The highest BCUT2D eigenvalue weighted by Crippen LogP contribution is 2.31. The van der Waals surface area contributed by atoms with E-state index in [0.717, 1.165) is 18.4 Å². The largest absolute Gasteiger partial charge is 0.497 e. The van der Waals surface area contributed by atoms with Crippen LogP contribution in [0, 0.1) is 6.92 Å². The molecule has 1 aliphatic rings. The molecule has 1 saturated heterocycles. The lowest BCUT2D eigenvalue weighted by atomic mass is 10.0. The number of anilines is 1. The zero-order valence-corrected chi connectivity index (χ0v) is 18.4. The lowest BCUT2D eigenvalue weighted by molar-refractivity contribution is -0.117. The first kappa shape index (κ1) is 22.1. The Morgan fingerprint density at radius 1 is 1.10 bits per heavy atom. The molecule has 0 aromatic heterocycles. The normalized spacial score (nSPS) is 17.4. The monoisotopic (exact) mass is 432 g/mol. The molecule has 0 spiro atoms. The van der Waals surface area contributed by atoms with Crippen LogP contribution in [0.2, 0.25) is 0 Å². The van der Waals surface area contributed by atoms with E-state index in [-0.39, 0.29) is 23.3 Å². The van der Waals surface area contributed by atoms with Gasteiger partial charge in [-0.25, -0.2) is 8.42 Å². The molecule has 0 aliphatic carbocycles. The first-order valence-corrected chi connectivity index (χ1v) is 11.4. The van der Waals surface area contributed by atoms with E-state index >= 15 is 0 Å². The summed E-state index contributed by atoms with van der Waals surface area (Å²) in [6.45, 7) is 2.33. The van der Waals surface area contributed by atoms with Crippen LogP contribution in [0.25, 0.3) is 0 Å². The van der Waals surface area contributed by atoms with Crippen LogP contribution in [0.4, 0.5) is 5.69 Å². The molecule has 162 valence electrons. The zero-order valence-electron chi connectivity index (χ0n) is 17.6. The van der Waals surface area contributed by atoms with Gasteiger partial charge in [-0.05, 0) is 44.0 Å². The molecule has 1 atom stereocenters. The quantitative estimate of drug-likeness (QED) is 0.723. The van der Waals surface area contributed by atoms with E-state index in [2.05, 4.69) is 5.32 Å². The molecule has 30 heavy (non-hydrogen) atoms. The maximum absolute atomic E-state index is 13.2. The summed E-state index contributed by atoms with van der Waals surface area (Å²) in [6, 6.07) is 11.6. The molecule has 1 amide bonds. The van der Waals surface area contributed by atoms with Crippen molar-refractivity contribution in [3.05, 3.63) is 48.0 Å². The average molecular weight is 433 g/mol. The van der Waals surface area contributed by atoms with E-state index in [1.54, 1.807) is 49.6 Å². The van der Waals surface area contributed by atoms with E-state index in [4.69, 9.17) is 9.47 Å². The lowest BCUT2D eigenvalue weighted by Crippen LogP contribution is -2.45. The van der Waals surface area contributed by atoms with Crippen molar-refractivity contribution in [1.82, 2.24) is 4.31 Å². The first-order chi connectivity index (χ1) is 14.3. The number of carbonyl (C=O) groups excluding carboxylic acids is 1. The number of benzene rings is 2. The van der Waals surface area contributed by atoms with E-state index in [0.29, 0.717) is 30.2 Å². The van der Waals surface area contributed by atoms with Crippen molar-refractivity contribution in [2.75, 3.05) is 26.1 Å². The molecular weight excluding hydrogens is 404 g/mol. The van der Waals surface area contributed by atoms with Crippen LogP contribution in [0.5, 0.6) is 11.5 Å². The third kappa shape index (κ3) is 4.94. The van der Waals surface area contributed by atoms with Crippen LogP contribution in [0.15, 0.2) is 47.4 Å². The van der Waals surface area contributed by atoms with Crippen molar-refractivity contribution in [3.63, 3.8) is 0 Å². The Kier molecular flexibility index (Phi) is 6.99. The fourth-order valence-electron chi connectivity index (χ4n) is 3.67. The van der Waals surface area contributed by atoms with Crippen LogP contribution >= 0.6 is 0 Å². The van der Waals surface area contributed by atoms with E-state index < -0.39 is 10.0 Å². The van der Waals surface area contributed by atoms with Gasteiger partial charge in [0.05, 0.1) is 24.8 Å². The molecule has 2 aromatic rings. The van der Waals surface area contributed by atoms with Gasteiger partial charge in [-0.1, -0.05) is 24.1 Å². The standard InChI is InChI=1S/C22H28N2O5S/c1-16-7-10-19(11-8-16)30(26,27)24-13-5-4-6-17(24)14-22(25)23-20-15-18(28-2)9-12-21(20)29-3/h7-12,15,17H,4-6,13-14H2,1-3H3,(H,23,25)/t17-/m0/s1. The number of hydrogen-bond donors (Lipinski definition) is 1. The smallest absolute Gasteiger partial charge is 0.243 e.